The molecule has 8 nitrogen and oxygen atoms in total. The number of amides is 1. The van der Waals surface area contributed by atoms with Gasteiger partial charge in [0.05, 0.1) is 53.0 Å². The SMILES string of the molecule is CCOc1cc(C(=O)N(C)Cc2c[n+](O)c(C)c3cn[nH]c23)c(F)cc1-c1cccc(C#N)c1. The topological polar surface area (TPSA) is 106 Å². The zero-order chi connectivity index (χ0) is 24.4. The van der Waals surface area contributed by atoms with Crippen LogP contribution in [0.15, 0.2) is 48.8 Å². The zero-order valence-electron chi connectivity index (χ0n) is 19.0. The molecule has 1 amide bonds. The number of halogens is 1. The van der Waals surface area contributed by atoms with Gasteiger partial charge in [0.1, 0.15) is 11.6 Å². The van der Waals surface area contributed by atoms with Gasteiger partial charge in [0.15, 0.2) is 0 Å². The molecule has 9 heteroatoms. The monoisotopic (exact) mass is 460 g/mol. The number of benzene rings is 2. The van der Waals surface area contributed by atoms with Crippen LogP contribution in [0.1, 0.15) is 34.1 Å². The molecular weight excluding hydrogens is 437 g/mol. The second kappa shape index (κ2) is 9.19. The third kappa shape index (κ3) is 4.13. The Kier molecular flexibility index (Phi) is 6.15. The molecule has 0 fully saturated rings. The lowest BCUT2D eigenvalue weighted by Crippen LogP contribution is -2.35. The van der Waals surface area contributed by atoms with Crippen molar-refractivity contribution in [2.75, 3.05) is 13.7 Å². The molecule has 0 saturated carbocycles. The van der Waals surface area contributed by atoms with Gasteiger partial charge >= 0.3 is 0 Å². The number of ether oxygens (including phenoxy) is 1. The van der Waals surface area contributed by atoms with Crippen molar-refractivity contribution in [3.63, 3.8) is 0 Å². The van der Waals surface area contributed by atoms with Crippen molar-refractivity contribution in [1.82, 2.24) is 15.1 Å². The summed E-state index contributed by atoms with van der Waals surface area (Å²) in [6.45, 7) is 3.96. The quantitative estimate of drug-likeness (QED) is 0.337. The molecule has 172 valence electrons. The first-order chi connectivity index (χ1) is 16.3. The Morgan fingerprint density at radius 3 is 2.88 bits per heavy atom. The summed E-state index contributed by atoms with van der Waals surface area (Å²) in [4.78, 5) is 14.5. The van der Waals surface area contributed by atoms with Gasteiger partial charge in [-0.15, -0.1) is 0 Å². The van der Waals surface area contributed by atoms with E-state index in [1.54, 1.807) is 51.4 Å². The molecule has 0 aliphatic rings. The minimum absolute atomic E-state index is 0.105. The number of fused-ring (bicyclic) bond motifs is 1. The average Bonchev–Trinajstić information content (AvgIpc) is 3.33. The first-order valence-electron chi connectivity index (χ1n) is 10.6. The summed E-state index contributed by atoms with van der Waals surface area (Å²) in [6, 6.07) is 11.5. The standard InChI is InChI=1S/C25H22FN5O3/c1-4-34-23-10-20(22(26)9-19(23)17-7-5-6-16(8-17)11-27)25(32)30(3)13-18-14-31(33)15(2)21-12-28-29-24(18)21/h5-10,12,14,33H,4,13H2,1-3H3/p+1. The van der Waals surface area contributed by atoms with Crippen molar-refractivity contribution >= 4 is 16.8 Å². The van der Waals surface area contributed by atoms with E-state index in [9.17, 15) is 15.3 Å². The van der Waals surface area contributed by atoms with E-state index < -0.39 is 11.7 Å². The molecule has 4 aromatic rings. The Labute approximate surface area is 195 Å². The van der Waals surface area contributed by atoms with Gasteiger partial charge in [-0.2, -0.15) is 10.4 Å². The van der Waals surface area contributed by atoms with Crippen LogP contribution in [0.4, 0.5) is 4.39 Å². The molecule has 2 heterocycles. The number of aromatic amines is 1. The van der Waals surface area contributed by atoms with E-state index in [0.717, 1.165) is 10.1 Å². The normalized spacial score (nSPS) is 10.8. The van der Waals surface area contributed by atoms with E-state index in [1.807, 2.05) is 0 Å². The maximum Gasteiger partial charge on any atom is 0.257 e. The molecule has 0 spiro atoms. The van der Waals surface area contributed by atoms with Gasteiger partial charge in [-0.3, -0.25) is 15.1 Å². The van der Waals surface area contributed by atoms with Gasteiger partial charge in [-0.05, 0) is 36.8 Å². The van der Waals surface area contributed by atoms with Crippen molar-refractivity contribution in [3.05, 3.63) is 77.0 Å². The summed E-state index contributed by atoms with van der Waals surface area (Å²) in [5.41, 5.74) is 3.26. The number of aromatic nitrogens is 3. The lowest BCUT2D eigenvalue weighted by Gasteiger charge is -2.19. The van der Waals surface area contributed by atoms with Crippen molar-refractivity contribution in [1.29, 1.82) is 5.26 Å². The first-order valence-corrected chi connectivity index (χ1v) is 10.6. The number of nitrogens with one attached hydrogen (secondary N) is 1. The molecular formula is C25H23FN5O3+. The smallest absolute Gasteiger partial charge is 0.257 e. The van der Waals surface area contributed by atoms with Crippen LogP contribution >= 0.6 is 0 Å². The predicted molar refractivity (Wildman–Crippen MR) is 122 cm³/mol. The van der Waals surface area contributed by atoms with Gasteiger partial charge in [0.25, 0.3) is 5.91 Å². The Morgan fingerprint density at radius 2 is 2.15 bits per heavy atom. The van der Waals surface area contributed by atoms with Crippen molar-refractivity contribution in [2.24, 2.45) is 0 Å². The van der Waals surface area contributed by atoms with Crippen LogP contribution in [0, 0.1) is 24.1 Å². The highest BCUT2D eigenvalue weighted by atomic mass is 19.1. The summed E-state index contributed by atoms with van der Waals surface area (Å²) in [7, 11) is 1.55. The number of hydrogen-bond donors (Lipinski definition) is 2. The highest BCUT2D eigenvalue weighted by molar-refractivity contribution is 5.96. The van der Waals surface area contributed by atoms with Crippen molar-refractivity contribution in [2.45, 2.75) is 20.4 Å². The van der Waals surface area contributed by atoms with Crippen LogP contribution in [-0.2, 0) is 6.54 Å². The second-order valence-corrected chi connectivity index (χ2v) is 7.86. The Hall–Kier alpha value is -4.45. The van der Waals surface area contributed by atoms with E-state index in [4.69, 9.17) is 4.74 Å². The fraction of sp³-hybridized carbons (Fsp3) is 0.200. The molecule has 0 radical (unpaired) electrons. The highest BCUT2D eigenvalue weighted by Crippen LogP contribution is 2.34. The first kappa shape index (κ1) is 22.7. The average molecular weight is 460 g/mol. The molecule has 0 atom stereocenters. The molecule has 0 unspecified atom stereocenters. The number of H-pyrrole nitrogens is 1. The minimum Gasteiger partial charge on any atom is -0.493 e. The summed E-state index contributed by atoms with van der Waals surface area (Å²) >= 11 is 0. The van der Waals surface area contributed by atoms with E-state index in [2.05, 4.69) is 16.3 Å². The summed E-state index contributed by atoms with van der Waals surface area (Å²) in [6.07, 6.45) is 3.09. The van der Waals surface area contributed by atoms with Crippen LogP contribution in [-0.4, -0.2) is 39.9 Å². The number of hydrogen-bond acceptors (Lipinski definition) is 5. The predicted octanol–water partition coefficient (Wildman–Crippen LogP) is 3.74. The zero-order valence-corrected chi connectivity index (χ0v) is 19.0. The highest BCUT2D eigenvalue weighted by Gasteiger charge is 2.24. The lowest BCUT2D eigenvalue weighted by atomic mass is 9.99. The second-order valence-electron chi connectivity index (χ2n) is 7.86. The summed E-state index contributed by atoms with van der Waals surface area (Å²) in [5, 5.41) is 27.0. The van der Waals surface area contributed by atoms with E-state index in [-0.39, 0.29) is 12.1 Å². The fourth-order valence-corrected chi connectivity index (χ4v) is 3.86. The fourth-order valence-electron chi connectivity index (χ4n) is 3.86. The molecule has 4 rings (SSSR count). The molecule has 2 N–H and O–H groups in total. The number of carbonyl (C=O) groups excluding carboxylic acids is 1. The van der Waals surface area contributed by atoms with Crippen LogP contribution < -0.4 is 9.47 Å². The summed E-state index contributed by atoms with van der Waals surface area (Å²) in [5.74, 6) is -0.908. The van der Waals surface area contributed by atoms with E-state index in [0.29, 0.717) is 45.8 Å². The van der Waals surface area contributed by atoms with Gasteiger partial charge < -0.3 is 9.64 Å². The molecule has 0 aliphatic heterocycles. The van der Waals surface area contributed by atoms with E-state index in [1.165, 1.54) is 23.2 Å². The number of aryl methyl sites for hydroxylation is 1. The third-order valence-electron chi connectivity index (χ3n) is 5.63. The van der Waals surface area contributed by atoms with Crippen LogP contribution in [0.5, 0.6) is 5.75 Å². The van der Waals surface area contributed by atoms with Gasteiger partial charge in [0, 0.05) is 24.3 Å². The number of pyridine rings is 1. The molecule has 34 heavy (non-hydrogen) atoms. The number of nitriles is 1. The number of carbonyl (C=O) groups is 1. The maximum atomic E-state index is 15.2. The van der Waals surface area contributed by atoms with Gasteiger partial charge in [0.2, 0.25) is 11.9 Å². The van der Waals surface area contributed by atoms with Gasteiger partial charge in [-0.1, -0.05) is 12.1 Å². The van der Waals surface area contributed by atoms with Crippen LogP contribution in [0.3, 0.4) is 0 Å². The molecule has 0 bridgehead atoms. The largest absolute Gasteiger partial charge is 0.493 e. The number of nitrogens with zero attached hydrogens (tertiary/aromatic N) is 4. The maximum absolute atomic E-state index is 15.2. The summed E-state index contributed by atoms with van der Waals surface area (Å²) < 4.78 is 21.9. The van der Waals surface area contributed by atoms with Gasteiger partial charge in [-0.25, -0.2) is 4.39 Å². The molecule has 2 aromatic heterocycles. The van der Waals surface area contributed by atoms with Crippen LogP contribution in [0.25, 0.3) is 22.0 Å². The van der Waals surface area contributed by atoms with E-state index >= 15 is 4.39 Å². The lowest BCUT2D eigenvalue weighted by molar-refractivity contribution is -0.908. The molecule has 2 aromatic carbocycles. The Morgan fingerprint density at radius 1 is 1.35 bits per heavy atom. The number of rotatable bonds is 6. The minimum atomic E-state index is -0.703. The molecule has 0 saturated heterocycles. The third-order valence-corrected chi connectivity index (χ3v) is 5.63. The molecule has 0 aliphatic carbocycles. The Balaban J connectivity index is 1.69. The van der Waals surface area contributed by atoms with Crippen molar-refractivity contribution in [3.8, 4) is 22.9 Å². The van der Waals surface area contributed by atoms with Crippen LogP contribution in [0.2, 0.25) is 0 Å². The Bertz CT molecular complexity index is 1440. The van der Waals surface area contributed by atoms with Crippen molar-refractivity contribution < 1.29 is 23.9 Å².